The van der Waals surface area contributed by atoms with Crippen LogP contribution in [0.15, 0.2) is 194 Å². The van der Waals surface area contributed by atoms with Crippen molar-refractivity contribution in [3.63, 3.8) is 0 Å². The molecule has 0 saturated carbocycles. The van der Waals surface area contributed by atoms with Crippen LogP contribution in [0.4, 0.5) is 0 Å². The van der Waals surface area contributed by atoms with E-state index < -0.39 is 109 Å². The summed E-state index contributed by atoms with van der Waals surface area (Å²) >= 11 is 0. The molecule has 0 atom stereocenters. The standard InChI is InChI=1S/C51H32N6/c1-2-17-33(18-3-1)34-25-16-32-47(55-41-26-10-4-19-35(41)36-20-5-11-27-42(36)55)48(34)49-52-50(56-43-28-12-6-21-37(43)38-22-7-13-29-44(38)56)54-51(53-49)57-45-30-14-8-23-39(45)40-24-9-15-31-46(40)57/h1-32H/i6D,7D,8D,9D,12D,13D,14D,15D,21D,22D,23D,24D,28D,29D,30D,31D. The van der Waals surface area contributed by atoms with Crippen molar-refractivity contribution in [1.29, 1.82) is 0 Å². The lowest BCUT2D eigenvalue weighted by atomic mass is 9.97. The van der Waals surface area contributed by atoms with Crippen LogP contribution >= 0.6 is 0 Å². The first-order valence-corrected chi connectivity index (χ1v) is 17.9. The predicted molar refractivity (Wildman–Crippen MR) is 234 cm³/mol. The summed E-state index contributed by atoms with van der Waals surface area (Å²) in [6.07, 6.45) is 0. The highest BCUT2D eigenvalue weighted by Crippen LogP contribution is 2.41. The molecule has 0 radical (unpaired) electrons. The summed E-state index contributed by atoms with van der Waals surface area (Å²) < 4.78 is 148. The van der Waals surface area contributed by atoms with E-state index in [2.05, 4.69) is 0 Å². The topological polar surface area (TPSA) is 53.5 Å². The van der Waals surface area contributed by atoms with E-state index in [0.29, 0.717) is 22.4 Å². The van der Waals surface area contributed by atoms with Gasteiger partial charge in [0.05, 0.1) is 66.3 Å². The molecule has 6 heteroatoms. The van der Waals surface area contributed by atoms with Gasteiger partial charge in [-0.1, -0.05) is 151 Å². The third-order valence-electron chi connectivity index (χ3n) is 10.2. The van der Waals surface area contributed by atoms with Crippen LogP contribution < -0.4 is 0 Å². The fourth-order valence-corrected chi connectivity index (χ4v) is 7.91. The molecule has 8 aromatic carbocycles. The van der Waals surface area contributed by atoms with Crippen LogP contribution in [0, 0.1) is 0 Å². The molecule has 0 aliphatic heterocycles. The number of rotatable bonds is 5. The summed E-state index contributed by atoms with van der Waals surface area (Å²) in [6.45, 7) is 0. The molecule has 57 heavy (non-hydrogen) atoms. The minimum atomic E-state index is -0.705. The average Bonchev–Trinajstić information content (AvgIpc) is 4.08. The highest BCUT2D eigenvalue weighted by molar-refractivity contribution is 6.11. The van der Waals surface area contributed by atoms with Crippen LogP contribution in [-0.4, -0.2) is 28.7 Å². The Kier molecular flexibility index (Phi) is 4.26. The number of benzene rings is 8. The lowest BCUT2D eigenvalue weighted by Crippen LogP contribution is -2.11. The second kappa shape index (κ2) is 12.3. The molecule has 0 spiro atoms. The molecule has 0 bridgehead atoms. The highest BCUT2D eigenvalue weighted by Gasteiger charge is 2.25. The fourth-order valence-electron chi connectivity index (χ4n) is 7.91. The zero-order chi connectivity index (χ0) is 51.4. The van der Waals surface area contributed by atoms with Gasteiger partial charge in [-0.05, 0) is 53.5 Å². The maximum Gasteiger partial charge on any atom is 0.240 e. The average molecular weight is 745 g/mol. The quantitative estimate of drug-likeness (QED) is 0.176. The van der Waals surface area contributed by atoms with Gasteiger partial charge in [0, 0.05) is 32.3 Å². The molecule has 0 N–H and O–H groups in total. The molecule has 0 amide bonds. The molecular weight excluding hydrogens is 697 g/mol. The summed E-state index contributed by atoms with van der Waals surface area (Å²) in [5, 5.41) is 0.737. The van der Waals surface area contributed by atoms with Crippen LogP contribution in [0.1, 0.15) is 21.9 Å². The van der Waals surface area contributed by atoms with Crippen LogP contribution in [0.5, 0.6) is 0 Å². The van der Waals surface area contributed by atoms with E-state index >= 15 is 0 Å². The monoisotopic (exact) mass is 744 g/mol. The first-order chi connectivity index (χ1) is 35.0. The number of aromatic nitrogens is 6. The molecule has 6 nitrogen and oxygen atoms in total. The Morgan fingerprint density at radius 3 is 1.28 bits per heavy atom. The first kappa shape index (κ1) is 19.7. The number of para-hydroxylation sites is 6. The molecule has 0 aliphatic rings. The van der Waals surface area contributed by atoms with Crippen molar-refractivity contribution in [2.24, 2.45) is 0 Å². The minimum Gasteiger partial charge on any atom is -0.308 e. The second-order valence-corrected chi connectivity index (χ2v) is 13.3. The van der Waals surface area contributed by atoms with Crippen molar-refractivity contribution in [3.05, 3.63) is 194 Å². The normalized spacial score (nSPS) is 15.8. The van der Waals surface area contributed by atoms with Crippen LogP contribution in [-0.2, 0) is 0 Å². The summed E-state index contributed by atoms with van der Waals surface area (Å²) in [5.74, 6) is -1.13. The second-order valence-electron chi connectivity index (χ2n) is 13.3. The zero-order valence-electron chi connectivity index (χ0n) is 45.4. The number of fused-ring (bicyclic) bond motifs is 9. The van der Waals surface area contributed by atoms with E-state index in [-0.39, 0.29) is 49.4 Å². The van der Waals surface area contributed by atoms with Crippen LogP contribution in [0.3, 0.4) is 0 Å². The van der Waals surface area contributed by atoms with E-state index in [4.69, 9.17) is 31.4 Å². The molecule has 4 heterocycles. The molecule has 12 rings (SSSR count). The number of hydrogen-bond acceptors (Lipinski definition) is 3. The van der Waals surface area contributed by atoms with Crippen LogP contribution in [0.25, 0.3) is 106 Å². The minimum absolute atomic E-state index is 0.162. The van der Waals surface area contributed by atoms with Crippen molar-refractivity contribution in [2.45, 2.75) is 0 Å². The van der Waals surface area contributed by atoms with Crippen molar-refractivity contribution in [3.8, 4) is 40.1 Å². The molecule has 0 fully saturated rings. The smallest absolute Gasteiger partial charge is 0.240 e. The molecule has 0 unspecified atom stereocenters. The Morgan fingerprint density at radius 2 is 0.789 bits per heavy atom. The third-order valence-corrected chi connectivity index (χ3v) is 10.2. The lowest BCUT2D eigenvalue weighted by Gasteiger charge is -2.19. The molecule has 4 aromatic heterocycles. The van der Waals surface area contributed by atoms with Gasteiger partial charge in [-0.15, -0.1) is 0 Å². The Balaban J connectivity index is 1.36. The summed E-state index contributed by atoms with van der Waals surface area (Å²) in [4.78, 5) is 15.2. The van der Waals surface area contributed by atoms with E-state index in [1.54, 1.807) is 0 Å². The van der Waals surface area contributed by atoms with E-state index in [1.807, 2.05) is 102 Å². The number of nitrogens with zero attached hydrogens (tertiary/aromatic N) is 6. The van der Waals surface area contributed by atoms with Gasteiger partial charge >= 0.3 is 0 Å². The van der Waals surface area contributed by atoms with Gasteiger partial charge < -0.3 is 4.57 Å². The van der Waals surface area contributed by atoms with Gasteiger partial charge in [0.1, 0.15) is 0 Å². The molecule has 266 valence electrons. The van der Waals surface area contributed by atoms with Crippen molar-refractivity contribution in [1.82, 2.24) is 28.7 Å². The maximum absolute atomic E-state index is 9.37. The molecular formula is C51H32N6. The van der Waals surface area contributed by atoms with Crippen LogP contribution in [0.2, 0.25) is 0 Å². The van der Waals surface area contributed by atoms with E-state index in [0.717, 1.165) is 30.9 Å². The van der Waals surface area contributed by atoms with Crippen molar-refractivity contribution in [2.75, 3.05) is 0 Å². The molecule has 12 aromatic rings. The van der Waals surface area contributed by atoms with Gasteiger partial charge in [0.25, 0.3) is 0 Å². The lowest BCUT2D eigenvalue weighted by molar-refractivity contribution is 0.892. The Bertz CT molecular complexity index is 4080. The predicted octanol–water partition coefficient (Wildman–Crippen LogP) is 12.5. The zero-order valence-corrected chi connectivity index (χ0v) is 29.4. The van der Waals surface area contributed by atoms with Gasteiger partial charge in [-0.3, -0.25) is 9.13 Å². The Labute approximate surface area is 349 Å². The Hall–Kier alpha value is -7.83. The maximum atomic E-state index is 9.37. The number of hydrogen-bond donors (Lipinski definition) is 0. The fraction of sp³-hybridized carbons (Fsp3) is 0. The van der Waals surface area contributed by atoms with Crippen molar-refractivity contribution >= 4 is 65.4 Å². The third kappa shape index (κ3) is 4.68. The summed E-state index contributed by atoms with van der Waals surface area (Å²) in [6, 6.07) is 19.8. The Morgan fingerprint density at radius 1 is 0.351 bits per heavy atom. The van der Waals surface area contributed by atoms with Gasteiger partial charge in [0.15, 0.2) is 5.82 Å². The first-order valence-electron chi connectivity index (χ1n) is 25.9. The van der Waals surface area contributed by atoms with Crippen molar-refractivity contribution < 1.29 is 21.9 Å². The summed E-state index contributed by atoms with van der Waals surface area (Å²) in [5.41, 5.74) is 2.33. The largest absolute Gasteiger partial charge is 0.308 e. The van der Waals surface area contributed by atoms with E-state index in [1.165, 1.54) is 0 Å². The van der Waals surface area contributed by atoms with E-state index in [9.17, 15) is 5.48 Å². The van der Waals surface area contributed by atoms with Gasteiger partial charge in [-0.25, -0.2) is 0 Å². The van der Waals surface area contributed by atoms with Gasteiger partial charge in [-0.2, -0.15) is 15.0 Å². The summed E-state index contributed by atoms with van der Waals surface area (Å²) in [7, 11) is 0. The van der Waals surface area contributed by atoms with Gasteiger partial charge in [0.2, 0.25) is 11.9 Å². The molecule has 0 saturated heterocycles. The highest BCUT2D eigenvalue weighted by atomic mass is 15.3. The SMILES string of the molecule is [2H]c1c([2H])c([2H])c2c(c1[2H])c1c([2H])c([2H])c([2H])c([2H])c1n2-c1nc(-c2c(-c3ccccc3)cccc2-n2c3ccccc3c3ccccc32)nc(-n2c3c([2H])c([2H])c([2H])c([2H])c3c3c([2H])c([2H])c([2H])c([2H])c32)n1. The molecule has 0 aliphatic carbocycles.